The van der Waals surface area contributed by atoms with E-state index in [0.29, 0.717) is 18.7 Å². The van der Waals surface area contributed by atoms with Crippen molar-refractivity contribution in [2.24, 2.45) is 0 Å². The van der Waals surface area contributed by atoms with Crippen molar-refractivity contribution in [2.75, 3.05) is 24.2 Å². The predicted octanol–water partition coefficient (Wildman–Crippen LogP) is 3.30. The van der Waals surface area contributed by atoms with Crippen molar-refractivity contribution in [2.45, 2.75) is 39.2 Å². The van der Waals surface area contributed by atoms with Crippen LogP contribution in [0.4, 0.5) is 5.69 Å². The fraction of sp³-hybridized carbons (Fsp3) is 0.409. The number of hydrogen-bond donors (Lipinski definition) is 1. The number of benzene rings is 2. The molecule has 0 aliphatic carbocycles. The fourth-order valence-corrected chi connectivity index (χ4v) is 4.48. The molecule has 1 amide bonds. The number of anilines is 1. The highest BCUT2D eigenvalue weighted by atomic mass is 32.2. The summed E-state index contributed by atoms with van der Waals surface area (Å²) in [6, 6.07) is 14.2. The van der Waals surface area contributed by atoms with Crippen LogP contribution in [-0.2, 0) is 21.2 Å². The average molecular weight is 419 g/mol. The number of amides is 1. The van der Waals surface area contributed by atoms with E-state index in [9.17, 15) is 13.2 Å². The van der Waals surface area contributed by atoms with E-state index < -0.39 is 16.1 Å². The first-order valence-electron chi connectivity index (χ1n) is 9.73. The first-order chi connectivity index (χ1) is 13.8. The molecule has 0 unspecified atom stereocenters. The molecule has 0 aromatic heterocycles. The van der Waals surface area contributed by atoms with Crippen LogP contribution in [0.1, 0.15) is 30.9 Å². The number of rotatable bonds is 10. The Balaban J connectivity index is 2.03. The van der Waals surface area contributed by atoms with E-state index in [4.69, 9.17) is 4.74 Å². The minimum absolute atomic E-state index is 0.287. The molecular weight excluding hydrogens is 388 g/mol. The van der Waals surface area contributed by atoms with E-state index >= 15 is 0 Å². The molecule has 0 spiro atoms. The Hall–Kier alpha value is -2.54. The number of ether oxygens (including phenoxy) is 1. The Morgan fingerprint density at radius 2 is 1.90 bits per heavy atom. The molecule has 2 rings (SSSR count). The maximum absolute atomic E-state index is 12.8. The predicted molar refractivity (Wildman–Crippen MR) is 117 cm³/mol. The quantitative estimate of drug-likeness (QED) is 0.601. The third-order valence-corrected chi connectivity index (χ3v) is 5.84. The van der Waals surface area contributed by atoms with Gasteiger partial charge in [-0.2, -0.15) is 0 Å². The Kier molecular flexibility index (Phi) is 8.08. The van der Waals surface area contributed by atoms with Gasteiger partial charge in [0.05, 0.1) is 19.1 Å². The number of nitrogens with zero attached hydrogens (tertiary/aromatic N) is 1. The van der Waals surface area contributed by atoms with Gasteiger partial charge in [-0.3, -0.25) is 9.10 Å². The van der Waals surface area contributed by atoms with Crippen molar-refractivity contribution in [3.05, 3.63) is 59.7 Å². The Morgan fingerprint density at radius 3 is 2.52 bits per heavy atom. The number of sulfonamides is 1. The van der Waals surface area contributed by atoms with E-state index in [1.165, 1.54) is 4.31 Å². The van der Waals surface area contributed by atoms with Crippen LogP contribution in [0.3, 0.4) is 0 Å². The summed E-state index contributed by atoms with van der Waals surface area (Å²) in [7, 11) is -1.98. The van der Waals surface area contributed by atoms with Gasteiger partial charge < -0.3 is 10.1 Å². The topological polar surface area (TPSA) is 75.7 Å². The van der Waals surface area contributed by atoms with Crippen LogP contribution >= 0.6 is 0 Å². The highest BCUT2D eigenvalue weighted by Gasteiger charge is 2.31. The summed E-state index contributed by atoms with van der Waals surface area (Å²) in [5.41, 5.74) is 2.57. The van der Waals surface area contributed by atoms with Gasteiger partial charge in [-0.1, -0.05) is 31.2 Å². The largest absolute Gasteiger partial charge is 0.497 e. The lowest BCUT2D eigenvalue weighted by Crippen LogP contribution is -2.49. The minimum atomic E-state index is -3.61. The van der Waals surface area contributed by atoms with Gasteiger partial charge in [0.1, 0.15) is 11.8 Å². The number of hydrogen-bond acceptors (Lipinski definition) is 4. The monoisotopic (exact) mass is 418 g/mol. The molecule has 0 saturated heterocycles. The normalized spacial score (nSPS) is 12.3. The molecular formula is C22H30N2O4S. The zero-order valence-corrected chi connectivity index (χ0v) is 18.3. The number of methoxy groups -OCH3 is 1. The fourth-order valence-electron chi connectivity index (χ4n) is 3.28. The number of aryl methyl sites for hydroxylation is 2. The van der Waals surface area contributed by atoms with Crippen LogP contribution in [0.5, 0.6) is 5.75 Å². The molecule has 1 atom stereocenters. The zero-order valence-electron chi connectivity index (χ0n) is 17.5. The lowest BCUT2D eigenvalue weighted by atomic mass is 10.1. The summed E-state index contributed by atoms with van der Waals surface area (Å²) in [4.78, 5) is 12.8. The third-order valence-electron chi connectivity index (χ3n) is 4.66. The molecule has 0 saturated carbocycles. The second-order valence-electron chi connectivity index (χ2n) is 7.07. The van der Waals surface area contributed by atoms with Crippen LogP contribution in [-0.4, -0.2) is 40.3 Å². The number of nitrogens with one attached hydrogen (secondary N) is 1. The molecule has 0 heterocycles. The van der Waals surface area contributed by atoms with Crippen molar-refractivity contribution in [3.63, 3.8) is 0 Å². The minimum Gasteiger partial charge on any atom is -0.497 e. The van der Waals surface area contributed by atoms with Gasteiger partial charge >= 0.3 is 0 Å². The Bertz CT molecular complexity index is 928. The van der Waals surface area contributed by atoms with Crippen LogP contribution < -0.4 is 14.4 Å². The van der Waals surface area contributed by atoms with Crippen molar-refractivity contribution >= 4 is 21.6 Å². The Labute approximate surface area is 173 Å². The second kappa shape index (κ2) is 10.3. The van der Waals surface area contributed by atoms with E-state index in [0.717, 1.165) is 36.0 Å². The molecule has 0 radical (unpaired) electrons. The highest BCUT2D eigenvalue weighted by molar-refractivity contribution is 7.92. The molecule has 2 aromatic rings. The van der Waals surface area contributed by atoms with Crippen LogP contribution in [0.2, 0.25) is 0 Å². The van der Waals surface area contributed by atoms with Gasteiger partial charge in [-0.15, -0.1) is 0 Å². The summed E-state index contributed by atoms with van der Waals surface area (Å²) in [5.74, 6) is 0.518. The average Bonchev–Trinajstić information content (AvgIpc) is 2.68. The number of carbonyl (C=O) groups is 1. The molecule has 7 heteroatoms. The summed E-state index contributed by atoms with van der Waals surface area (Å²) in [6.45, 7) is 4.18. The Morgan fingerprint density at radius 1 is 1.17 bits per heavy atom. The molecule has 0 aliphatic heterocycles. The van der Waals surface area contributed by atoms with Gasteiger partial charge in [-0.25, -0.2) is 8.42 Å². The highest BCUT2D eigenvalue weighted by Crippen LogP contribution is 2.23. The molecule has 29 heavy (non-hydrogen) atoms. The maximum atomic E-state index is 12.8. The molecule has 158 valence electrons. The lowest BCUT2D eigenvalue weighted by Gasteiger charge is -2.30. The molecule has 0 fully saturated rings. The van der Waals surface area contributed by atoms with E-state index in [-0.39, 0.29) is 5.91 Å². The second-order valence-corrected chi connectivity index (χ2v) is 8.93. The zero-order chi connectivity index (χ0) is 21.4. The third kappa shape index (κ3) is 6.49. The molecule has 2 aromatic carbocycles. The summed E-state index contributed by atoms with van der Waals surface area (Å²) in [6.07, 6.45) is 3.05. The molecule has 0 aliphatic rings. The standard InChI is InChI=1S/C22H30N2O4S/c1-5-21(24(29(4,26)27)19-12-6-9-17(2)15-19)22(25)23-14-8-11-18-10-7-13-20(16-18)28-3/h6-7,9-10,12-13,15-16,21H,5,8,11,14H2,1-4H3,(H,23,25)/t21-/m0/s1. The van der Waals surface area contributed by atoms with E-state index in [1.54, 1.807) is 25.3 Å². The van der Waals surface area contributed by atoms with Crippen molar-refractivity contribution in [3.8, 4) is 5.75 Å². The lowest BCUT2D eigenvalue weighted by molar-refractivity contribution is -0.122. The summed E-state index contributed by atoms with van der Waals surface area (Å²) >= 11 is 0. The van der Waals surface area contributed by atoms with Crippen LogP contribution in [0.25, 0.3) is 0 Å². The first kappa shape index (κ1) is 22.7. The SMILES string of the molecule is CC[C@@H](C(=O)NCCCc1cccc(OC)c1)N(c1cccc(C)c1)S(C)(=O)=O. The van der Waals surface area contributed by atoms with Gasteiger partial charge in [0.15, 0.2) is 0 Å². The van der Waals surface area contributed by atoms with Gasteiger partial charge in [0, 0.05) is 6.54 Å². The van der Waals surface area contributed by atoms with Crippen LogP contribution in [0.15, 0.2) is 48.5 Å². The van der Waals surface area contributed by atoms with Crippen molar-refractivity contribution in [1.82, 2.24) is 5.32 Å². The van der Waals surface area contributed by atoms with E-state index in [2.05, 4.69) is 5.32 Å². The molecule has 1 N–H and O–H groups in total. The summed E-state index contributed by atoms with van der Waals surface area (Å²) < 4.78 is 31.4. The molecule has 0 bridgehead atoms. The van der Waals surface area contributed by atoms with Gasteiger partial charge in [0.25, 0.3) is 0 Å². The van der Waals surface area contributed by atoms with Gasteiger partial charge in [-0.05, 0) is 61.6 Å². The van der Waals surface area contributed by atoms with Crippen molar-refractivity contribution < 1.29 is 17.9 Å². The number of carbonyl (C=O) groups excluding carboxylic acids is 1. The molecule has 6 nitrogen and oxygen atoms in total. The smallest absolute Gasteiger partial charge is 0.243 e. The maximum Gasteiger partial charge on any atom is 0.243 e. The van der Waals surface area contributed by atoms with Crippen molar-refractivity contribution in [1.29, 1.82) is 0 Å². The van der Waals surface area contributed by atoms with Crippen LogP contribution in [0, 0.1) is 6.92 Å². The first-order valence-corrected chi connectivity index (χ1v) is 11.6. The summed E-state index contributed by atoms with van der Waals surface area (Å²) in [5, 5.41) is 2.89. The van der Waals surface area contributed by atoms with E-state index in [1.807, 2.05) is 44.2 Å². The van der Waals surface area contributed by atoms with Gasteiger partial charge in [0.2, 0.25) is 15.9 Å².